The molecule has 0 aromatic heterocycles. The fraction of sp³-hybridized carbons (Fsp3) is 0.200. The van der Waals surface area contributed by atoms with Gasteiger partial charge in [-0.1, -0.05) is 27.5 Å². The highest BCUT2D eigenvalue weighted by molar-refractivity contribution is 9.11. The van der Waals surface area contributed by atoms with Crippen molar-refractivity contribution >= 4 is 67.7 Å². The maximum Gasteiger partial charge on any atom is 0.380 e. The molecule has 100 valence electrons. The lowest BCUT2D eigenvalue weighted by atomic mass is 10.2. The molecule has 0 aliphatic rings. The monoisotopic (exact) mass is 434 g/mol. The average Bonchev–Trinajstić information content (AvgIpc) is 2.36. The zero-order chi connectivity index (χ0) is 13.8. The van der Waals surface area contributed by atoms with Gasteiger partial charge in [-0.05, 0) is 34.1 Å². The zero-order valence-corrected chi connectivity index (χ0v) is 15.2. The molecule has 0 aliphatic carbocycles. The van der Waals surface area contributed by atoms with Crippen molar-refractivity contribution in [3.05, 3.63) is 38.2 Å². The van der Waals surface area contributed by atoms with E-state index >= 15 is 0 Å². The number of benzene rings is 1. The Hall–Kier alpha value is 0.580. The van der Waals surface area contributed by atoms with E-state index < -0.39 is 6.72 Å². The smallest absolute Gasteiger partial charge is 0.380 e. The minimum Gasteiger partial charge on any atom is -0.423 e. The van der Waals surface area contributed by atoms with E-state index in [4.69, 9.17) is 37.0 Å². The van der Waals surface area contributed by atoms with E-state index in [9.17, 15) is 0 Å². The van der Waals surface area contributed by atoms with Gasteiger partial charge in [0, 0.05) is 46.1 Å². The minimum absolute atomic E-state index is 0.392. The molecule has 1 rings (SSSR count). The van der Waals surface area contributed by atoms with Crippen molar-refractivity contribution in [3.63, 3.8) is 0 Å². The Labute approximate surface area is 133 Å². The normalized spacial score (nSPS) is 12.6. The minimum atomic E-state index is -2.80. The summed E-state index contributed by atoms with van der Waals surface area (Å²) in [4.78, 5) is 0. The number of hydrogen-bond acceptors (Lipinski definition) is 4. The summed E-state index contributed by atoms with van der Waals surface area (Å²) >= 11 is 17.7. The first-order valence-electron chi connectivity index (χ1n) is 4.62. The van der Waals surface area contributed by atoms with Gasteiger partial charge in [-0.25, -0.2) is 0 Å². The Morgan fingerprint density at radius 3 is 2.39 bits per heavy atom. The molecular formula is C10H10Br2ClO3PS. The Balaban J connectivity index is 3.09. The summed E-state index contributed by atoms with van der Waals surface area (Å²) in [6, 6.07) is 5.59. The van der Waals surface area contributed by atoms with Gasteiger partial charge in [0.2, 0.25) is 0 Å². The number of hydrogen-bond donors (Lipinski definition) is 0. The molecule has 0 spiro atoms. The molecule has 0 fully saturated rings. The summed E-state index contributed by atoms with van der Waals surface area (Å²) in [5.74, 6) is 0.392. The lowest BCUT2D eigenvalue weighted by Gasteiger charge is -2.20. The second-order valence-electron chi connectivity index (χ2n) is 3.00. The third kappa shape index (κ3) is 4.30. The molecule has 0 radical (unpaired) electrons. The summed E-state index contributed by atoms with van der Waals surface area (Å²) < 4.78 is 17.4. The van der Waals surface area contributed by atoms with Gasteiger partial charge in [-0.15, -0.1) is 0 Å². The van der Waals surface area contributed by atoms with E-state index in [2.05, 4.69) is 31.9 Å². The van der Waals surface area contributed by atoms with Gasteiger partial charge in [-0.3, -0.25) is 0 Å². The van der Waals surface area contributed by atoms with Crippen LogP contribution in [0.1, 0.15) is 5.56 Å². The van der Waals surface area contributed by atoms with Crippen LogP contribution in [0.25, 0.3) is 5.76 Å². The van der Waals surface area contributed by atoms with Crippen LogP contribution in [0, 0.1) is 0 Å². The lowest BCUT2D eigenvalue weighted by molar-refractivity contribution is 0.262. The van der Waals surface area contributed by atoms with Crippen LogP contribution in [-0.2, 0) is 25.4 Å². The molecule has 0 saturated heterocycles. The summed E-state index contributed by atoms with van der Waals surface area (Å²) in [5.41, 5.74) is 2.06. The van der Waals surface area contributed by atoms with E-state index in [-0.39, 0.29) is 0 Å². The molecule has 0 unspecified atom stereocenters. The summed E-state index contributed by atoms with van der Waals surface area (Å²) in [6.07, 6.45) is 0. The third-order valence-corrected chi connectivity index (χ3v) is 5.73. The van der Waals surface area contributed by atoms with Crippen LogP contribution in [0.4, 0.5) is 0 Å². The van der Waals surface area contributed by atoms with E-state index in [1.165, 1.54) is 19.8 Å². The molecule has 1 aromatic rings. The van der Waals surface area contributed by atoms with Crippen molar-refractivity contribution in [1.29, 1.82) is 0 Å². The van der Waals surface area contributed by atoms with Gasteiger partial charge >= 0.3 is 6.72 Å². The molecule has 8 heteroatoms. The average molecular weight is 436 g/mol. The van der Waals surface area contributed by atoms with Crippen molar-refractivity contribution < 1.29 is 13.6 Å². The number of rotatable bonds is 5. The molecule has 0 saturated carbocycles. The Morgan fingerprint density at radius 2 is 1.94 bits per heavy atom. The zero-order valence-electron chi connectivity index (χ0n) is 9.52. The van der Waals surface area contributed by atoms with Crippen molar-refractivity contribution in [3.8, 4) is 0 Å². The lowest BCUT2D eigenvalue weighted by Crippen LogP contribution is -1.95. The van der Waals surface area contributed by atoms with Crippen molar-refractivity contribution in [2.75, 3.05) is 14.2 Å². The van der Waals surface area contributed by atoms with Crippen LogP contribution in [-0.4, -0.2) is 14.2 Å². The van der Waals surface area contributed by atoms with Gasteiger partial charge in [0.1, 0.15) is 5.76 Å². The fourth-order valence-corrected chi connectivity index (χ4v) is 3.48. The molecule has 0 aliphatic heterocycles. The Bertz CT molecular complexity index is 502. The van der Waals surface area contributed by atoms with Gasteiger partial charge in [0.05, 0.1) is 0 Å². The second kappa shape index (κ2) is 7.39. The maximum atomic E-state index is 5.77. The standard InChI is InChI=1S/C10H10Br2ClO3PS/c1-14-17(18,15-2)16-10(6-13)8-4-3-7(11)5-9(8)12/h3-6H,1-2H3/b10-6+. The predicted molar refractivity (Wildman–Crippen MR) is 85.1 cm³/mol. The molecule has 1 aromatic carbocycles. The molecule has 0 amide bonds. The molecular weight excluding hydrogens is 426 g/mol. The van der Waals surface area contributed by atoms with Crippen LogP contribution >= 0.6 is 50.2 Å². The van der Waals surface area contributed by atoms with Gasteiger partial charge in [0.15, 0.2) is 0 Å². The summed E-state index contributed by atoms with van der Waals surface area (Å²) in [5, 5.41) is 0. The Morgan fingerprint density at radius 1 is 1.33 bits per heavy atom. The van der Waals surface area contributed by atoms with E-state index in [0.717, 1.165) is 14.5 Å². The van der Waals surface area contributed by atoms with Crippen molar-refractivity contribution in [2.24, 2.45) is 0 Å². The van der Waals surface area contributed by atoms with Gasteiger partial charge in [-0.2, -0.15) is 0 Å². The summed E-state index contributed by atoms with van der Waals surface area (Å²) in [7, 11) is 2.87. The molecule has 0 atom stereocenters. The van der Waals surface area contributed by atoms with Crippen molar-refractivity contribution in [2.45, 2.75) is 0 Å². The molecule has 0 N–H and O–H groups in total. The number of halogens is 3. The van der Waals surface area contributed by atoms with Crippen LogP contribution in [0.2, 0.25) is 0 Å². The molecule has 18 heavy (non-hydrogen) atoms. The van der Waals surface area contributed by atoms with Crippen LogP contribution < -0.4 is 0 Å². The first kappa shape index (κ1) is 16.6. The van der Waals surface area contributed by atoms with Gasteiger partial charge in [0.25, 0.3) is 0 Å². The first-order valence-corrected chi connectivity index (χ1v) is 9.20. The fourth-order valence-electron chi connectivity index (χ4n) is 1.09. The highest BCUT2D eigenvalue weighted by Gasteiger charge is 2.21. The van der Waals surface area contributed by atoms with Crippen LogP contribution in [0.5, 0.6) is 0 Å². The van der Waals surface area contributed by atoms with Crippen LogP contribution in [0.3, 0.4) is 0 Å². The van der Waals surface area contributed by atoms with Gasteiger partial charge < -0.3 is 13.6 Å². The third-order valence-electron chi connectivity index (χ3n) is 1.95. The second-order valence-corrected chi connectivity index (χ2v) is 8.14. The molecule has 0 heterocycles. The highest BCUT2D eigenvalue weighted by atomic mass is 79.9. The molecule has 0 bridgehead atoms. The summed E-state index contributed by atoms with van der Waals surface area (Å²) in [6.45, 7) is -2.80. The predicted octanol–water partition coefficient (Wildman–Crippen LogP) is 5.28. The SMILES string of the molecule is COP(=S)(OC)O/C(=C/Cl)c1ccc(Br)cc1Br. The van der Waals surface area contributed by atoms with Crippen LogP contribution in [0.15, 0.2) is 32.7 Å². The largest absolute Gasteiger partial charge is 0.423 e. The Kier molecular flexibility index (Phi) is 6.83. The van der Waals surface area contributed by atoms with E-state index in [0.29, 0.717) is 5.76 Å². The topological polar surface area (TPSA) is 27.7 Å². The maximum absolute atomic E-state index is 5.77. The van der Waals surface area contributed by atoms with E-state index in [1.807, 2.05) is 18.2 Å². The van der Waals surface area contributed by atoms with Crippen molar-refractivity contribution in [1.82, 2.24) is 0 Å². The first-order chi connectivity index (χ1) is 8.45. The quantitative estimate of drug-likeness (QED) is 0.464. The highest BCUT2D eigenvalue weighted by Crippen LogP contribution is 2.52. The van der Waals surface area contributed by atoms with E-state index in [1.54, 1.807) is 0 Å². The molecule has 3 nitrogen and oxygen atoms in total.